The molecule has 138 valence electrons. The summed E-state index contributed by atoms with van der Waals surface area (Å²) in [5, 5.41) is 3.38. The van der Waals surface area contributed by atoms with Crippen molar-refractivity contribution in [1.29, 1.82) is 0 Å². The fourth-order valence-electron chi connectivity index (χ4n) is 2.99. The first-order valence-corrected chi connectivity index (χ1v) is 9.45. The van der Waals surface area contributed by atoms with E-state index in [1.807, 2.05) is 6.07 Å². The second kappa shape index (κ2) is 9.34. The van der Waals surface area contributed by atoms with Crippen molar-refractivity contribution in [3.63, 3.8) is 0 Å². The van der Waals surface area contributed by atoms with Crippen LogP contribution in [0.2, 0.25) is 0 Å². The van der Waals surface area contributed by atoms with Crippen molar-refractivity contribution >= 4 is 17.7 Å². The third-order valence-corrected chi connectivity index (χ3v) is 4.51. The highest BCUT2D eigenvalue weighted by Gasteiger charge is 2.17. The Morgan fingerprint density at radius 3 is 2.58 bits per heavy atom. The van der Waals surface area contributed by atoms with Crippen LogP contribution in [0.5, 0.6) is 0 Å². The van der Waals surface area contributed by atoms with Gasteiger partial charge in [0.05, 0.1) is 0 Å². The fourth-order valence-corrected chi connectivity index (χ4v) is 2.99. The van der Waals surface area contributed by atoms with Crippen molar-refractivity contribution in [3.05, 3.63) is 54.4 Å². The van der Waals surface area contributed by atoms with E-state index >= 15 is 0 Å². The number of hydrogen-bond donors (Lipinski definition) is 1. The zero-order chi connectivity index (χ0) is 18.2. The molecule has 1 aromatic carbocycles. The molecule has 0 saturated carbocycles. The van der Waals surface area contributed by atoms with Crippen molar-refractivity contribution in [2.75, 3.05) is 49.5 Å². The summed E-state index contributed by atoms with van der Waals surface area (Å²) in [7, 11) is 0. The molecule has 3 rings (SSSR count). The molecule has 1 aliphatic rings. The lowest BCUT2D eigenvalue weighted by atomic mass is 10.2. The zero-order valence-electron chi connectivity index (χ0n) is 15.8. The third-order valence-electron chi connectivity index (χ3n) is 4.51. The summed E-state index contributed by atoms with van der Waals surface area (Å²) < 4.78 is 0. The molecule has 5 nitrogen and oxygen atoms in total. The number of nitrogens with one attached hydrogen (secondary N) is 1. The van der Waals surface area contributed by atoms with Gasteiger partial charge in [-0.15, -0.1) is 0 Å². The van der Waals surface area contributed by atoms with Crippen LogP contribution in [0.4, 0.5) is 11.6 Å². The molecule has 0 radical (unpaired) electrons. The largest absolute Gasteiger partial charge is 0.370 e. The van der Waals surface area contributed by atoms with Crippen LogP contribution in [-0.2, 0) is 0 Å². The third kappa shape index (κ3) is 5.56. The molecule has 1 saturated heterocycles. The Morgan fingerprint density at radius 2 is 1.85 bits per heavy atom. The highest BCUT2D eigenvalue weighted by atomic mass is 15.3. The van der Waals surface area contributed by atoms with Gasteiger partial charge in [-0.1, -0.05) is 56.3 Å². The van der Waals surface area contributed by atoms with Crippen LogP contribution in [0.3, 0.4) is 0 Å². The lowest BCUT2D eigenvalue weighted by Gasteiger charge is -2.34. The summed E-state index contributed by atoms with van der Waals surface area (Å²) in [4.78, 5) is 13.6. The van der Waals surface area contributed by atoms with Gasteiger partial charge in [-0.3, -0.25) is 4.90 Å². The predicted molar refractivity (Wildman–Crippen MR) is 109 cm³/mol. The van der Waals surface area contributed by atoms with Gasteiger partial charge in [-0.2, -0.15) is 0 Å². The van der Waals surface area contributed by atoms with Crippen LogP contribution in [0, 0.1) is 5.92 Å². The molecule has 5 heteroatoms. The number of piperazine rings is 1. The lowest BCUT2D eigenvalue weighted by Crippen LogP contribution is -2.46. The van der Waals surface area contributed by atoms with Gasteiger partial charge in [0, 0.05) is 45.3 Å². The molecule has 1 fully saturated rings. The molecule has 0 atom stereocenters. The molecule has 0 aliphatic carbocycles. The Morgan fingerprint density at radius 1 is 1.08 bits per heavy atom. The average Bonchev–Trinajstić information content (AvgIpc) is 2.68. The first-order valence-electron chi connectivity index (χ1n) is 9.45. The molecule has 1 aliphatic heterocycles. The molecule has 26 heavy (non-hydrogen) atoms. The van der Waals surface area contributed by atoms with Gasteiger partial charge in [0.15, 0.2) is 0 Å². The summed E-state index contributed by atoms with van der Waals surface area (Å²) in [6.45, 7) is 10.4. The summed E-state index contributed by atoms with van der Waals surface area (Å²) >= 11 is 0. The van der Waals surface area contributed by atoms with E-state index in [1.165, 1.54) is 5.56 Å². The molecule has 0 amide bonds. The smallest absolute Gasteiger partial charge is 0.134 e. The maximum Gasteiger partial charge on any atom is 0.134 e. The number of anilines is 2. The highest BCUT2D eigenvalue weighted by molar-refractivity contribution is 5.49. The van der Waals surface area contributed by atoms with E-state index in [4.69, 9.17) is 0 Å². The molecule has 0 bridgehead atoms. The van der Waals surface area contributed by atoms with Crippen LogP contribution in [0.15, 0.2) is 48.8 Å². The number of aromatic nitrogens is 2. The summed E-state index contributed by atoms with van der Waals surface area (Å²) in [5.41, 5.74) is 1.26. The maximum atomic E-state index is 4.46. The van der Waals surface area contributed by atoms with Gasteiger partial charge in [-0.05, 0) is 11.5 Å². The molecule has 0 unspecified atom stereocenters. The number of nitrogens with zero attached hydrogens (tertiary/aromatic N) is 4. The lowest BCUT2D eigenvalue weighted by molar-refractivity contribution is 0.283. The van der Waals surface area contributed by atoms with E-state index < -0.39 is 0 Å². The van der Waals surface area contributed by atoms with Gasteiger partial charge in [0.25, 0.3) is 0 Å². The normalized spacial score (nSPS) is 15.7. The minimum atomic E-state index is 0.598. The zero-order valence-corrected chi connectivity index (χ0v) is 15.8. The van der Waals surface area contributed by atoms with E-state index in [0.29, 0.717) is 5.92 Å². The molecule has 1 aromatic heterocycles. The van der Waals surface area contributed by atoms with Crippen molar-refractivity contribution < 1.29 is 0 Å². The van der Waals surface area contributed by atoms with E-state index in [0.717, 1.165) is 50.9 Å². The Balaban J connectivity index is 1.47. The predicted octanol–water partition coefficient (Wildman–Crippen LogP) is 3.38. The van der Waals surface area contributed by atoms with Gasteiger partial charge in [0.2, 0.25) is 0 Å². The van der Waals surface area contributed by atoms with Gasteiger partial charge in [0.1, 0.15) is 18.0 Å². The molecular formula is C21H29N5. The molecular weight excluding hydrogens is 322 g/mol. The van der Waals surface area contributed by atoms with E-state index in [1.54, 1.807) is 6.33 Å². The van der Waals surface area contributed by atoms with Crippen molar-refractivity contribution in [1.82, 2.24) is 14.9 Å². The van der Waals surface area contributed by atoms with E-state index in [9.17, 15) is 0 Å². The quantitative estimate of drug-likeness (QED) is 0.828. The van der Waals surface area contributed by atoms with E-state index in [-0.39, 0.29) is 0 Å². The van der Waals surface area contributed by atoms with Gasteiger partial charge < -0.3 is 10.2 Å². The molecule has 2 aromatic rings. The summed E-state index contributed by atoms with van der Waals surface area (Å²) in [6.07, 6.45) is 6.11. The number of rotatable bonds is 7. The Kier molecular flexibility index (Phi) is 6.61. The second-order valence-corrected chi connectivity index (χ2v) is 7.14. The molecule has 2 heterocycles. The Hall–Kier alpha value is -2.40. The minimum Gasteiger partial charge on any atom is -0.370 e. The fraction of sp³-hybridized carbons (Fsp3) is 0.429. The van der Waals surface area contributed by atoms with Crippen molar-refractivity contribution in [3.8, 4) is 0 Å². The first-order chi connectivity index (χ1) is 12.7. The standard InChI is InChI=1S/C21H29N5/c1-18(2)16-22-20-15-21(24-17-23-20)26-13-11-25(12-14-26)10-6-9-19-7-4-3-5-8-19/h3-9,15,17-18H,10-14,16H2,1-2H3,(H,22,23,24)/b9-6+. The van der Waals surface area contributed by atoms with Crippen LogP contribution in [0.25, 0.3) is 6.08 Å². The highest BCUT2D eigenvalue weighted by Crippen LogP contribution is 2.16. The van der Waals surface area contributed by atoms with Crippen molar-refractivity contribution in [2.24, 2.45) is 5.92 Å². The minimum absolute atomic E-state index is 0.598. The van der Waals surface area contributed by atoms with E-state index in [2.05, 4.69) is 81.4 Å². The van der Waals surface area contributed by atoms with Crippen LogP contribution in [-0.4, -0.2) is 54.1 Å². The summed E-state index contributed by atoms with van der Waals surface area (Å²) in [6, 6.07) is 12.5. The second-order valence-electron chi connectivity index (χ2n) is 7.14. The monoisotopic (exact) mass is 351 g/mol. The topological polar surface area (TPSA) is 44.3 Å². The number of benzene rings is 1. The molecule has 0 spiro atoms. The van der Waals surface area contributed by atoms with Gasteiger partial charge in [-0.25, -0.2) is 9.97 Å². The first kappa shape index (κ1) is 18.4. The Bertz CT molecular complexity index is 691. The molecule has 1 N–H and O–H groups in total. The Labute approximate surface area is 156 Å². The average molecular weight is 351 g/mol. The van der Waals surface area contributed by atoms with Crippen LogP contribution >= 0.6 is 0 Å². The van der Waals surface area contributed by atoms with Crippen molar-refractivity contribution in [2.45, 2.75) is 13.8 Å². The summed E-state index contributed by atoms with van der Waals surface area (Å²) in [5.74, 6) is 2.53. The number of hydrogen-bond acceptors (Lipinski definition) is 5. The SMILES string of the molecule is CC(C)CNc1cc(N2CCN(C/C=C/c3ccccc3)CC2)ncn1. The maximum absolute atomic E-state index is 4.46. The van der Waals surface area contributed by atoms with Crippen LogP contribution in [0.1, 0.15) is 19.4 Å². The van der Waals surface area contributed by atoms with Crippen LogP contribution < -0.4 is 10.2 Å². The van der Waals surface area contributed by atoms with Gasteiger partial charge >= 0.3 is 0 Å².